The molecule has 0 saturated heterocycles. The summed E-state index contributed by atoms with van der Waals surface area (Å²) in [5.74, 6) is 0. The SMILES string of the molecule is FC(F)(F)c1cc(PCl)cc(C(F)(F)F)c1. The molecular weight excluding hydrogens is 277 g/mol. The highest BCUT2D eigenvalue weighted by Gasteiger charge is 2.36. The van der Waals surface area contributed by atoms with E-state index in [1.54, 1.807) is 0 Å². The molecule has 1 atom stereocenters. The van der Waals surface area contributed by atoms with E-state index in [0.29, 0.717) is 12.1 Å². The van der Waals surface area contributed by atoms with Crippen LogP contribution in [-0.4, -0.2) is 0 Å². The Hall–Kier alpha value is -0.480. The molecule has 0 bridgehead atoms. The van der Waals surface area contributed by atoms with E-state index in [9.17, 15) is 26.3 Å². The van der Waals surface area contributed by atoms with Gasteiger partial charge in [0, 0.05) is 7.93 Å². The van der Waals surface area contributed by atoms with Crippen LogP contribution in [0.4, 0.5) is 26.3 Å². The second kappa shape index (κ2) is 4.41. The van der Waals surface area contributed by atoms with Crippen molar-refractivity contribution in [2.24, 2.45) is 0 Å². The maximum atomic E-state index is 12.3. The van der Waals surface area contributed by atoms with Crippen LogP contribution in [0, 0.1) is 0 Å². The van der Waals surface area contributed by atoms with Gasteiger partial charge in [-0.15, -0.1) is 0 Å². The zero-order valence-electron chi connectivity index (χ0n) is 7.38. The van der Waals surface area contributed by atoms with Crippen LogP contribution in [0.25, 0.3) is 0 Å². The molecular formula is C8H4ClF6P. The van der Waals surface area contributed by atoms with Crippen molar-refractivity contribution in [2.45, 2.75) is 12.4 Å². The molecule has 0 fully saturated rings. The third kappa shape index (κ3) is 3.25. The first kappa shape index (κ1) is 13.6. The van der Waals surface area contributed by atoms with Gasteiger partial charge in [-0.05, 0) is 23.5 Å². The van der Waals surface area contributed by atoms with E-state index in [2.05, 4.69) is 0 Å². The topological polar surface area (TPSA) is 0 Å². The Morgan fingerprint density at radius 2 is 1.19 bits per heavy atom. The Balaban J connectivity index is 3.33. The number of halogens is 7. The lowest BCUT2D eigenvalue weighted by molar-refractivity contribution is -0.142. The Labute approximate surface area is 93.2 Å². The van der Waals surface area contributed by atoms with Gasteiger partial charge in [0.15, 0.2) is 0 Å². The Bertz CT molecular complexity index is 351. The van der Waals surface area contributed by atoms with Crippen LogP contribution in [0.1, 0.15) is 11.1 Å². The van der Waals surface area contributed by atoms with Crippen LogP contribution in [0.2, 0.25) is 0 Å². The minimum atomic E-state index is -4.81. The molecule has 0 aliphatic carbocycles. The molecule has 1 aromatic carbocycles. The number of hydrogen-bond donors (Lipinski definition) is 0. The van der Waals surface area contributed by atoms with E-state index in [1.807, 2.05) is 0 Å². The first-order valence-corrected chi connectivity index (χ1v) is 5.82. The summed E-state index contributed by atoms with van der Waals surface area (Å²) in [6.45, 7) is 0. The molecule has 0 spiro atoms. The largest absolute Gasteiger partial charge is 0.416 e. The van der Waals surface area contributed by atoms with E-state index in [-0.39, 0.29) is 11.4 Å². The van der Waals surface area contributed by atoms with Crippen LogP contribution < -0.4 is 5.30 Å². The van der Waals surface area contributed by atoms with Gasteiger partial charge in [-0.1, -0.05) is 11.2 Å². The Kier molecular flexibility index (Phi) is 3.75. The van der Waals surface area contributed by atoms with Gasteiger partial charge in [0.2, 0.25) is 0 Å². The third-order valence-electron chi connectivity index (χ3n) is 1.70. The molecule has 0 aromatic heterocycles. The average Bonchev–Trinajstić information content (AvgIpc) is 2.14. The molecule has 90 valence electrons. The summed E-state index contributed by atoms with van der Waals surface area (Å²) >= 11 is 5.26. The molecule has 0 saturated carbocycles. The minimum absolute atomic E-state index is 0.0700. The van der Waals surface area contributed by atoms with Gasteiger partial charge in [-0.3, -0.25) is 0 Å². The van der Waals surface area contributed by atoms with Crippen molar-refractivity contribution >= 4 is 24.5 Å². The van der Waals surface area contributed by atoms with Gasteiger partial charge in [0.25, 0.3) is 0 Å². The first-order valence-electron chi connectivity index (χ1n) is 3.80. The minimum Gasteiger partial charge on any atom is -0.166 e. The van der Waals surface area contributed by atoms with Gasteiger partial charge in [0.05, 0.1) is 11.1 Å². The molecule has 1 rings (SSSR count). The number of benzene rings is 1. The van der Waals surface area contributed by atoms with Crippen LogP contribution in [0.15, 0.2) is 18.2 Å². The number of rotatable bonds is 1. The first-order chi connectivity index (χ1) is 7.14. The molecule has 0 nitrogen and oxygen atoms in total. The summed E-state index contributed by atoms with van der Waals surface area (Å²) in [6, 6.07) is 1.29. The van der Waals surface area contributed by atoms with E-state index >= 15 is 0 Å². The van der Waals surface area contributed by atoms with E-state index in [1.165, 1.54) is 0 Å². The highest BCUT2D eigenvalue weighted by atomic mass is 35.7. The quantitative estimate of drug-likeness (QED) is 0.535. The zero-order chi connectivity index (χ0) is 12.6. The Morgan fingerprint density at radius 3 is 1.44 bits per heavy atom. The summed E-state index contributed by atoms with van der Waals surface area (Å²) < 4.78 is 73.6. The number of alkyl halides is 6. The molecule has 8 heteroatoms. The predicted octanol–water partition coefficient (Wildman–Crippen LogP) is 4.18. The number of hydrogen-bond acceptors (Lipinski definition) is 0. The van der Waals surface area contributed by atoms with E-state index < -0.39 is 31.4 Å². The van der Waals surface area contributed by atoms with E-state index in [0.717, 1.165) is 0 Å². The smallest absolute Gasteiger partial charge is 0.166 e. The lowest BCUT2D eigenvalue weighted by atomic mass is 10.1. The van der Waals surface area contributed by atoms with Gasteiger partial charge < -0.3 is 0 Å². The monoisotopic (exact) mass is 280 g/mol. The van der Waals surface area contributed by atoms with Crippen molar-refractivity contribution in [1.82, 2.24) is 0 Å². The van der Waals surface area contributed by atoms with Crippen molar-refractivity contribution in [3.05, 3.63) is 29.3 Å². The molecule has 0 N–H and O–H groups in total. The van der Waals surface area contributed by atoms with Crippen molar-refractivity contribution in [2.75, 3.05) is 0 Å². The molecule has 0 heterocycles. The van der Waals surface area contributed by atoms with Crippen molar-refractivity contribution in [3.8, 4) is 0 Å². The summed E-state index contributed by atoms with van der Waals surface area (Å²) in [7, 11) is -0.647. The Morgan fingerprint density at radius 1 is 0.812 bits per heavy atom. The van der Waals surface area contributed by atoms with Crippen molar-refractivity contribution in [1.29, 1.82) is 0 Å². The highest BCUT2D eigenvalue weighted by molar-refractivity contribution is 7.74. The molecule has 0 amide bonds. The van der Waals surface area contributed by atoms with Crippen LogP contribution in [0.3, 0.4) is 0 Å². The second-order valence-electron chi connectivity index (χ2n) is 2.89. The molecule has 0 aliphatic rings. The fourth-order valence-electron chi connectivity index (χ4n) is 1.01. The van der Waals surface area contributed by atoms with Crippen molar-refractivity contribution in [3.63, 3.8) is 0 Å². The highest BCUT2D eigenvalue weighted by Crippen LogP contribution is 2.36. The fraction of sp³-hybridized carbons (Fsp3) is 0.250. The van der Waals surface area contributed by atoms with Crippen molar-refractivity contribution < 1.29 is 26.3 Å². The third-order valence-corrected chi connectivity index (χ3v) is 2.86. The maximum absolute atomic E-state index is 12.3. The summed E-state index contributed by atoms with van der Waals surface area (Å²) in [6.07, 6.45) is -9.63. The normalized spacial score (nSPS) is 13.7. The van der Waals surface area contributed by atoms with Crippen LogP contribution >= 0.6 is 19.2 Å². The lowest BCUT2D eigenvalue weighted by Crippen LogP contribution is -2.14. The van der Waals surface area contributed by atoms with Gasteiger partial charge in [-0.25, -0.2) is 0 Å². The van der Waals surface area contributed by atoms with E-state index in [4.69, 9.17) is 11.2 Å². The molecule has 0 aliphatic heterocycles. The summed E-state index contributed by atoms with van der Waals surface area (Å²) in [4.78, 5) is 0. The average molecular weight is 281 g/mol. The van der Waals surface area contributed by atoms with Gasteiger partial charge in [0.1, 0.15) is 0 Å². The lowest BCUT2D eigenvalue weighted by Gasteiger charge is -2.12. The molecule has 1 unspecified atom stereocenters. The molecule has 16 heavy (non-hydrogen) atoms. The zero-order valence-corrected chi connectivity index (χ0v) is 9.13. The van der Waals surface area contributed by atoms with Crippen LogP contribution in [0.5, 0.6) is 0 Å². The maximum Gasteiger partial charge on any atom is 0.416 e. The fourth-order valence-corrected chi connectivity index (χ4v) is 1.76. The molecule has 0 radical (unpaired) electrons. The van der Waals surface area contributed by atoms with Gasteiger partial charge >= 0.3 is 12.4 Å². The molecule has 1 aromatic rings. The summed E-state index contributed by atoms with van der Waals surface area (Å²) in [5, 5.41) is -0.191. The second-order valence-corrected chi connectivity index (χ2v) is 4.22. The predicted molar refractivity (Wildman–Crippen MR) is 50.2 cm³/mol. The van der Waals surface area contributed by atoms with Crippen LogP contribution in [-0.2, 0) is 12.4 Å². The standard InChI is InChI=1S/C8H4ClF6P/c9-16-6-2-4(7(10,11)12)1-5(3-6)8(13,14)15/h1-3,16H. The van der Waals surface area contributed by atoms with Gasteiger partial charge in [-0.2, -0.15) is 26.3 Å². The summed E-state index contributed by atoms with van der Waals surface area (Å²) in [5.41, 5.74) is -2.68.